The maximum atomic E-state index is 10.2. The Balaban J connectivity index is 0.00000196. The monoisotopic (exact) mass is 234 g/mol. The van der Waals surface area contributed by atoms with Gasteiger partial charge >= 0.3 is 5.97 Å². The smallest absolute Gasteiger partial charge is 0.329 e. The summed E-state index contributed by atoms with van der Waals surface area (Å²) in [5, 5.41) is 8.40. The van der Waals surface area contributed by atoms with Gasteiger partial charge in [0.25, 0.3) is 0 Å². The number of halogens is 1. The third kappa shape index (κ3) is 4.80. The van der Waals surface area contributed by atoms with Crippen LogP contribution in [-0.4, -0.2) is 33.3 Å². The quantitative estimate of drug-likeness (QED) is 0.829. The van der Waals surface area contributed by atoms with Crippen molar-refractivity contribution in [3.05, 3.63) is 18.2 Å². The molecule has 0 saturated carbocycles. The summed E-state index contributed by atoms with van der Waals surface area (Å²) in [6.45, 7) is 4.10. The molecule has 0 spiro atoms. The number of carboxylic acids is 1. The number of hydrogen-bond donors (Lipinski definition) is 1. The highest BCUT2D eigenvalue weighted by molar-refractivity contribution is 5.85. The van der Waals surface area contributed by atoms with Gasteiger partial charge in [0.15, 0.2) is 0 Å². The normalized spacial score (nSPS) is 11.9. The molecule has 1 unspecified atom stereocenters. The van der Waals surface area contributed by atoms with Crippen LogP contribution in [0.1, 0.15) is 12.7 Å². The largest absolute Gasteiger partial charge is 0.480 e. The van der Waals surface area contributed by atoms with Crippen LogP contribution < -0.4 is 0 Å². The minimum absolute atomic E-state index is 0. The van der Waals surface area contributed by atoms with Crippen molar-refractivity contribution < 1.29 is 14.6 Å². The van der Waals surface area contributed by atoms with Gasteiger partial charge in [-0.25, -0.2) is 9.78 Å². The highest BCUT2D eigenvalue weighted by atomic mass is 35.5. The van der Waals surface area contributed by atoms with E-state index in [1.54, 1.807) is 6.20 Å². The molecule has 0 aliphatic heterocycles. The van der Waals surface area contributed by atoms with Crippen molar-refractivity contribution in [2.24, 2.45) is 0 Å². The zero-order chi connectivity index (χ0) is 10.6. The molecule has 0 aliphatic carbocycles. The first-order valence-electron chi connectivity index (χ1n) is 4.40. The van der Waals surface area contributed by atoms with E-state index in [1.807, 2.05) is 24.6 Å². The molecule has 1 aromatic heterocycles. The molecule has 1 N–H and O–H groups in total. The fourth-order valence-electron chi connectivity index (χ4n) is 1.14. The molecule has 0 aliphatic rings. The van der Waals surface area contributed by atoms with Crippen LogP contribution in [-0.2, 0) is 16.1 Å². The SMILES string of the molecule is Cc1nccn1CC(C)OCC(=O)O.Cl. The summed E-state index contributed by atoms with van der Waals surface area (Å²) >= 11 is 0. The number of carboxylic acid groups (broad SMARTS) is 1. The van der Waals surface area contributed by atoms with Gasteiger partial charge in [0, 0.05) is 18.9 Å². The Morgan fingerprint density at radius 1 is 1.73 bits per heavy atom. The molecule has 0 amide bonds. The Kier molecular flexibility index (Phi) is 5.96. The van der Waals surface area contributed by atoms with E-state index in [2.05, 4.69) is 4.98 Å². The Morgan fingerprint density at radius 3 is 2.87 bits per heavy atom. The number of ether oxygens (including phenoxy) is 1. The molecular weight excluding hydrogens is 220 g/mol. The predicted molar refractivity (Wildman–Crippen MR) is 57.3 cm³/mol. The molecule has 5 nitrogen and oxygen atoms in total. The topological polar surface area (TPSA) is 64.4 Å². The van der Waals surface area contributed by atoms with Crippen molar-refractivity contribution in [1.29, 1.82) is 0 Å². The summed E-state index contributed by atoms with van der Waals surface area (Å²) in [4.78, 5) is 14.3. The molecule has 0 bridgehead atoms. The van der Waals surface area contributed by atoms with Crippen LogP contribution in [0.4, 0.5) is 0 Å². The van der Waals surface area contributed by atoms with Gasteiger partial charge in [-0.1, -0.05) is 0 Å². The molecule has 1 heterocycles. The second kappa shape index (κ2) is 6.42. The number of hydrogen-bond acceptors (Lipinski definition) is 3. The predicted octanol–water partition coefficient (Wildman–Crippen LogP) is 1.10. The number of aryl methyl sites for hydroxylation is 1. The van der Waals surface area contributed by atoms with E-state index in [0.717, 1.165) is 5.82 Å². The maximum Gasteiger partial charge on any atom is 0.329 e. The lowest BCUT2D eigenvalue weighted by Gasteiger charge is -2.12. The van der Waals surface area contributed by atoms with Crippen LogP contribution in [0.15, 0.2) is 12.4 Å². The first-order valence-corrected chi connectivity index (χ1v) is 4.40. The minimum atomic E-state index is -0.945. The van der Waals surface area contributed by atoms with Gasteiger partial charge in [-0.2, -0.15) is 0 Å². The summed E-state index contributed by atoms with van der Waals surface area (Å²) in [6.07, 6.45) is 3.42. The fourth-order valence-corrected chi connectivity index (χ4v) is 1.14. The van der Waals surface area contributed by atoms with E-state index in [4.69, 9.17) is 9.84 Å². The third-order valence-electron chi connectivity index (χ3n) is 1.87. The van der Waals surface area contributed by atoms with Gasteiger partial charge in [-0.15, -0.1) is 12.4 Å². The van der Waals surface area contributed by atoms with Gasteiger partial charge in [0.1, 0.15) is 12.4 Å². The minimum Gasteiger partial charge on any atom is -0.480 e. The molecule has 0 saturated heterocycles. The van der Waals surface area contributed by atoms with Gasteiger partial charge in [-0.05, 0) is 13.8 Å². The Labute approximate surface area is 94.5 Å². The summed E-state index contributed by atoms with van der Waals surface area (Å²) in [7, 11) is 0. The molecule has 86 valence electrons. The number of imidazole rings is 1. The van der Waals surface area contributed by atoms with Crippen molar-refractivity contribution in [1.82, 2.24) is 9.55 Å². The number of aromatic nitrogens is 2. The lowest BCUT2D eigenvalue weighted by atomic mass is 10.4. The maximum absolute atomic E-state index is 10.2. The van der Waals surface area contributed by atoms with E-state index >= 15 is 0 Å². The Morgan fingerprint density at radius 2 is 2.40 bits per heavy atom. The molecule has 1 rings (SSSR count). The summed E-state index contributed by atoms with van der Waals surface area (Å²) in [6, 6.07) is 0. The van der Waals surface area contributed by atoms with Crippen LogP contribution in [0.3, 0.4) is 0 Å². The first-order chi connectivity index (χ1) is 6.59. The van der Waals surface area contributed by atoms with Crippen LogP contribution in [0, 0.1) is 6.92 Å². The average molecular weight is 235 g/mol. The van der Waals surface area contributed by atoms with Crippen molar-refractivity contribution in [3.63, 3.8) is 0 Å². The van der Waals surface area contributed by atoms with Gasteiger partial charge in [0.2, 0.25) is 0 Å². The van der Waals surface area contributed by atoms with Crippen LogP contribution in [0.5, 0.6) is 0 Å². The molecule has 1 aromatic rings. The third-order valence-corrected chi connectivity index (χ3v) is 1.87. The zero-order valence-corrected chi connectivity index (χ0v) is 9.53. The molecule has 15 heavy (non-hydrogen) atoms. The Bertz CT molecular complexity index is 314. The first kappa shape index (κ1) is 13.9. The summed E-state index contributed by atoms with van der Waals surface area (Å²) in [5.74, 6) is -0.0463. The van der Waals surface area contributed by atoms with Crippen molar-refractivity contribution in [2.75, 3.05) is 6.61 Å². The Hall–Kier alpha value is -1.07. The molecule has 1 atom stereocenters. The highest BCUT2D eigenvalue weighted by Gasteiger charge is 2.07. The van der Waals surface area contributed by atoms with Crippen LogP contribution in [0.25, 0.3) is 0 Å². The number of aliphatic carboxylic acids is 1. The zero-order valence-electron chi connectivity index (χ0n) is 8.71. The number of nitrogens with zero attached hydrogens (tertiary/aromatic N) is 2. The lowest BCUT2D eigenvalue weighted by molar-refractivity contribution is -0.144. The van der Waals surface area contributed by atoms with Gasteiger partial charge in [-0.3, -0.25) is 0 Å². The van der Waals surface area contributed by atoms with E-state index < -0.39 is 5.97 Å². The second-order valence-electron chi connectivity index (χ2n) is 3.14. The van der Waals surface area contributed by atoms with Crippen molar-refractivity contribution in [2.45, 2.75) is 26.5 Å². The number of rotatable bonds is 5. The summed E-state index contributed by atoms with van der Waals surface area (Å²) in [5.41, 5.74) is 0. The van der Waals surface area contributed by atoms with E-state index in [9.17, 15) is 4.79 Å². The van der Waals surface area contributed by atoms with Crippen LogP contribution >= 0.6 is 12.4 Å². The summed E-state index contributed by atoms with van der Waals surface area (Å²) < 4.78 is 7.01. The van der Waals surface area contributed by atoms with Gasteiger partial charge < -0.3 is 14.4 Å². The van der Waals surface area contributed by atoms with Crippen molar-refractivity contribution >= 4 is 18.4 Å². The van der Waals surface area contributed by atoms with Crippen molar-refractivity contribution in [3.8, 4) is 0 Å². The molecular formula is C9H15ClN2O3. The molecule has 0 radical (unpaired) electrons. The highest BCUT2D eigenvalue weighted by Crippen LogP contribution is 2.00. The van der Waals surface area contributed by atoms with E-state index in [0.29, 0.717) is 6.54 Å². The molecule has 6 heteroatoms. The van der Waals surface area contributed by atoms with Gasteiger partial charge in [0.05, 0.1) is 6.10 Å². The second-order valence-corrected chi connectivity index (χ2v) is 3.14. The lowest BCUT2D eigenvalue weighted by Crippen LogP contribution is -2.20. The fraction of sp³-hybridized carbons (Fsp3) is 0.556. The van der Waals surface area contributed by atoms with E-state index in [-0.39, 0.29) is 25.1 Å². The number of carbonyl (C=O) groups is 1. The average Bonchev–Trinajstić information content (AvgIpc) is 2.49. The molecule has 0 aromatic carbocycles. The molecule has 0 fully saturated rings. The van der Waals surface area contributed by atoms with E-state index in [1.165, 1.54) is 0 Å². The standard InChI is InChI=1S/C9H14N2O3.ClH/c1-7(14-6-9(12)13)5-11-4-3-10-8(11)2;/h3-4,7H,5-6H2,1-2H3,(H,12,13);1H. The van der Waals surface area contributed by atoms with Crippen LogP contribution in [0.2, 0.25) is 0 Å².